The van der Waals surface area contributed by atoms with Gasteiger partial charge in [0.05, 0.1) is 15.6 Å². The third-order valence-corrected chi connectivity index (χ3v) is 3.99. The van der Waals surface area contributed by atoms with Crippen molar-refractivity contribution in [3.63, 3.8) is 0 Å². The summed E-state index contributed by atoms with van der Waals surface area (Å²) in [5.41, 5.74) is 5.83. The van der Waals surface area contributed by atoms with Gasteiger partial charge >= 0.3 is 5.69 Å². The second-order valence-corrected chi connectivity index (χ2v) is 5.44. The molecule has 0 aromatic heterocycles. The number of hydrogen-bond acceptors (Lipinski definition) is 4. The molecule has 0 spiro atoms. The molecule has 0 aliphatic heterocycles. The molecular weight excluding hydrogens is 303 g/mol. The van der Waals surface area contributed by atoms with E-state index in [1.54, 1.807) is 18.2 Å². The number of nitrogens with two attached hydrogens (primary N) is 1. The smallest absolute Gasteiger partial charge is 0.305 e. The van der Waals surface area contributed by atoms with Crippen LogP contribution in [0.3, 0.4) is 0 Å². The number of nitrogen functional groups attached to an aromatic ring is 1. The second-order valence-electron chi connectivity index (χ2n) is 3.98. The van der Waals surface area contributed by atoms with Crippen molar-refractivity contribution in [2.75, 3.05) is 5.73 Å². The molecule has 0 unspecified atom stereocenters. The molecule has 4 nitrogen and oxygen atoms in total. The van der Waals surface area contributed by atoms with Gasteiger partial charge in [-0.15, -0.1) is 11.8 Å². The van der Waals surface area contributed by atoms with E-state index in [2.05, 4.69) is 0 Å². The lowest BCUT2D eigenvalue weighted by atomic mass is 10.2. The summed E-state index contributed by atoms with van der Waals surface area (Å²) in [5.74, 6) is -0.528. The molecule has 0 radical (unpaired) electrons. The van der Waals surface area contributed by atoms with Crippen LogP contribution in [0.15, 0.2) is 41.3 Å². The molecule has 0 amide bonds. The molecule has 7 heteroatoms. The highest BCUT2D eigenvalue weighted by atomic mass is 35.5. The number of halogens is 2. The van der Waals surface area contributed by atoms with Crippen molar-refractivity contribution in [3.05, 3.63) is 62.9 Å². The molecule has 0 heterocycles. The van der Waals surface area contributed by atoms with Crippen LogP contribution in [0.4, 0.5) is 15.8 Å². The van der Waals surface area contributed by atoms with Crippen LogP contribution in [-0.2, 0) is 5.75 Å². The maximum absolute atomic E-state index is 13.9. The van der Waals surface area contributed by atoms with E-state index >= 15 is 0 Å². The molecule has 0 aliphatic carbocycles. The first-order chi connectivity index (χ1) is 9.49. The van der Waals surface area contributed by atoms with Crippen molar-refractivity contribution in [3.8, 4) is 0 Å². The highest BCUT2D eigenvalue weighted by molar-refractivity contribution is 7.98. The molecule has 0 saturated heterocycles. The van der Waals surface area contributed by atoms with Crippen LogP contribution in [0.25, 0.3) is 0 Å². The van der Waals surface area contributed by atoms with Crippen molar-refractivity contribution in [1.82, 2.24) is 0 Å². The van der Waals surface area contributed by atoms with Crippen LogP contribution in [0, 0.1) is 15.9 Å². The van der Waals surface area contributed by atoms with Gasteiger partial charge in [-0.2, -0.15) is 4.39 Å². The Kier molecular flexibility index (Phi) is 4.46. The SMILES string of the molecule is Nc1ccc(SCc2cccc([N+](=O)[O-])c2F)cc1Cl. The normalized spacial score (nSPS) is 10.5. The number of nitro groups is 1. The Morgan fingerprint density at radius 2 is 2.10 bits per heavy atom. The lowest BCUT2D eigenvalue weighted by Crippen LogP contribution is -1.96. The van der Waals surface area contributed by atoms with E-state index in [-0.39, 0.29) is 11.3 Å². The Balaban J connectivity index is 2.17. The van der Waals surface area contributed by atoms with Gasteiger partial charge in [0.15, 0.2) is 0 Å². The molecule has 0 fully saturated rings. The molecular formula is C13H10ClFN2O2S. The molecule has 2 N–H and O–H groups in total. The summed E-state index contributed by atoms with van der Waals surface area (Å²) in [7, 11) is 0. The third kappa shape index (κ3) is 3.20. The van der Waals surface area contributed by atoms with Crippen LogP contribution in [0.2, 0.25) is 5.02 Å². The second kappa shape index (κ2) is 6.11. The zero-order valence-electron chi connectivity index (χ0n) is 10.2. The zero-order chi connectivity index (χ0) is 14.7. The monoisotopic (exact) mass is 312 g/mol. The summed E-state index contributed by atoms with van der Waals surface area (Å²) in [5, 5.41) is 11.1. The number of nitro benzene ring substituents is 1. The van der Waals surface area contributed by atoms with E-state index < -0.39 is 16.4 Å². The van der Waals surface area contributed by atoms with Crippen LogP contribution >= 0.6 is 23.4 Å². The number of rotatable bonds is 4. The van der Waals surface area contributed by atoms with Crippen LogP contribution in [0.5, 0.6) is 0 Å². The predicted octanol–water partition coefficient (Wildman–Crippen LogP) is 4.26. The molecule has 0 saturated carbocycles. The maximum atomic E-state index is 13.9. The maximum Gasteiger partial charge on any atom is 0.305 e. The Hall–Kier alpha value is -1.79. The van der Waals surface area contributed by atoms with Crippen molar-refractivity contribution >= 4 is 34.7 Å². The molecule has 20 heavy (non-hydrogen) atoms. The van der Waals surface area contributed by atoms with E-state index in [0.717, 1.165) is 11.0 Å². The molecule has 2 aromatic carbocycles. The van der Waals surface area contributed by atoms with Gasteiger partial charge in [0, 0.05) is 22.3 Å². The van der Waals surface area contributed by atoms with E-state index in [0.29, 0.717) is 10.7 Å². The molecule has 2 aromatic rings. The lowest BCUT2D eigenvalue weighted by molar-refractivity contribution is -0.387. The fourth-order valence-corrected chi connectivity index (χ4v) is 2.73. The standard InChI is InChI=1S/C13H10ClFN2O2S/c14-10-6-9(4-5-11(10)16)20-7-8-2-1-3-12(13(8)15)17(18)19/h1-6H,7,16H2. The van der Waals surface area contributed by atoms with Gasteiger partial charge in [-0.05, 0) is 18.2 Å². The van der Waals surface area contributed by atoms with Crippen molar-refractivity contribution < 1.29 is 9.31 Å². The molecule has 2 rings (SSSR count). The van der Waals surface area contributed by atoms with Crippen molar-refractivity contribution in [2.45, 2.75) is 10.6 Å². The quantitative estimate of drug-likeness (QED) is 0.396. The summed E-state index contributed by atoms with van der Waals surface area (Å²) in [6, 6.07) is 9.23. The Morgan fingerprint density at radius 1 is 1.35 bits per heavy atom. The lowest BCUT2D eigenvalue weighted by Gasteiger charge is -2.05. The van der Waals surface area contributed by atoms with E-state index in [9.17, 15) is 14.5 Å². The molecule has 0 bridgehead atoms. The van der Waals surface area contributed by atoms with Crippen molar-refractivity contribution in [2.24, 2.45) is 0 Å². The van der Waals surface area contributed by atoms with Gasteiger partial charge in [0.2, 0.25) is 5.82 Å². The Labute approximate surface area is 123 Å². The number of nitrogens with zero attached hydrogens (tertiary/aromatic N) is 1. The van der Waals surface area contributed by atoms with Gasteiger partial charge < -0.3 is 5.73 Å². The molecule has 0 aliphatic rings. The number of anilines is 1. The average Bonchev–Trinajstić information content (AvgIpc) is 2.41. The topological polar surface area (TPSA) is 69.2 Å². The van der Waals surface area contributed by atoms with E-state index in [4.69, 9.17) is 17.3 Å². The molecule has 104 valence electrons. The highest BCUT2D eigenvalue weighted by Crippen LogP contribution is 2.30. The van der Waals surface area contributed by atoms with Crippen LogP contribution < -0.4 is 5.73 Å². The number of thioether (sulfide) groups is 1. The fraction of sp³-hybridized carbons (Fsp3) is 0.0769. The van der Waals surface area contributed by atoms with Gasteiger partial charge in [-0.1, -0.05) is 23.7 Å². The summed E-state index contributed by atoms with van der Waals surface area (Å²) in [6.45, 7) is 0. The first kappa shape index (κ1) is 14.6. The minimum absolute atomic E-state index is 0.272. The summed E-state index contributed by atoms with van der Waals surface area (Å²) in [4.78, 5) is 10.7. The Bertz CT molecular complexity index is 667. The largest absolute Gasteiger partial charge is 0.398 e. The highest BCUT2D eigenvalue weighted by Gasteiger charge is 2.17. The van der Waals surface area contributed by atoms with Gasteiger partial charge in [0.1, 0.15) is 0 Å². The Morgan fingerprint density at radius 3 is 2.75 bits per heavy atom. The fourth-order valence-electron chi connectivity index (χ4n) is 1.58. The summed E-state index contributed by atoms with van der Waals surface area (Å²) >= 11 is 7.22. The van der Waals surface area contributed by atoms with E-state index in [1.807, 2.05) is 0 Å². The number of benzene rings is 2. The van der Waals surface area contributed by atoms with Gasteiger partial charge in [0.25, 0.3) is 0 Å². The predicted molar refractivity (Wildman–Crippen MR) is 78.5 cm³/mol. The van der Waals surface area contributed by atoms with Gasteiger partial charge in [-0.3, -0.25) is 10.1 Å². The zero-order valence-corrected chi connectivity index (χ0v) is 11.7. The summed E-state index contributed by atoms with van der Waals surface area (Å²) in [6.07, 6.45) is 0. The first-order valence-electron chi connectivity index (χ1n) is 5.58. The first-order valence-corrected chi connectivity index (χ1v) is 6.95. The number of hydrogen-bond donors (Lipinski definition) is 1. The van der Waals surface area contributed by atoms with E-state index in [1.165, 1.54) is 23.9 Å². The van der Waals surface area contributed by atoms with Gasteiger partial charge in [-0.25, -0.2) is 0 Å². The minimum Gasteiger partial charge on any atom is -0.398 e. The third-order valence-electron chi connectivity index (χ3n) is 2.62. The average molecular weight is 313 g/mol. The van der Waals surface area contributed by atoms with Crippen LogP contribution in [0.1, 0.15) is 5.56 Å². The molecule has 0 atom stereocenters. The van der Waals surface area contributed by atoms with Crippen molar-refractivity contribution in [1.29, 1.82) is 0 Å². The van der Waals surface area contributed by atoms with Crippen LogP contribution in [-0.4, -0.2) is 4.92 Å². The summed E-state index contributed by atoms with van der Waals surface area (Å²) < 4.78 is 13.9. The minimum atomic E-state index is -0.799.